The molecule has 3 amide bonds. The number of carbonyl (C=O) groups is 4. The number of amides is 3. The van der Waals surface area contributed by atoms with Gasteiger partial charge in [0.2, 0.25) is 5.91 Å². The normalized spacial score (nSPS) is 26.7. The lowest BCUT2D eigenvalue weighted by molar-refractivity contribution is -0.150. The first-order valence-corrected chi connectivity index (χ1v) is 10.0. The average molecular weight is 396 g/mol. The molecule has 0 aromatic heterocycles. The zero-order valence-corrected chi connectivity index (χ0v) is 16.4. The number of likely N-dealkylation sites (tertiary alicyclic amines) is 1. The van der Waals surface area contributed by atoms with E-state index in [1.165, 1.54) is 12.0 Å². The molecule has 4 rings (SSSR count). The van der Waals surface area contributed by atoms with Crippen LogP contribution in [0.25, 0.3) is 0 Å². The first-order valence-electron chi connectivity index (χ1n) is 10.0. The van der Waals surface area contributed by atoms with Gasteiger partial charge < -0.3 is 9.64 Å². The highest BCUT2D eigenvalue weighted by atomic mass is 16.5. The number of esters is 1. The van der Waals surface area contributed by atoms with Gasteiger partial charge in [-0.1, -0.05) is 24.3 Å². The lowest BCUT2D eigenvalue weighted by atomic mass is 9.94. The van der Waals surface area contributed by atoms with E-state index in [2.05, 4.69) is 12.2 Å². The third-order valence-electron chi connectivity index (χ3n) is 6.15. The highest BCUT2D eigenvalue weighted by Gasteiger charge is 2.46. The Morgan fingerprint density at radius 2 is 1.76 bits per heavy atom. The van der Waals surface area contributed by atoms with E-state index < -0.39 is 23.8 Å². The minimum absolute atomic E-state index is 0.138. The number of imide groups is 1. The Morgan fingerprint density at radius 1 is 1.07 bits per heavy atom. The number of methoxy groups -OCH3 is 1. The Kier molecular flexibility index (Phi) is 5.22. The van der Waals surface area contributed by atoms with Gasteiger partial charge in [-0.2, -0.15) is 0 Å². The molecule has 3 atom stereocenters. The number of rotatable bonds is 4. The predicted octanol–water partition coefficient (Wildman–Crippen LogP) is 2.17. The largest absolute Gasteiger partial charge is 0.468 e. The van der Waals surface area contributed by atoms with Gasteiger partial charge in [0, 0.05) is 6.04 Å². The summed E-state index contributed by atoms with van der Waals surface area (Å²) in [4.78, 5) is 54.1. The Balaban J connectivity index is 1.66. The van der Waals surface area contributed by atoms with E-state index in [4.69, 9.17) is 4.74 Å². The minimum atomic E-state index is -0.901. The molecule has 0 saturated carbocycles. The molecule has 1 aliphatic carbocycles. The summed E-state index contributed by atoms with van der Waals surface area (Å²) in [6.45, 7) is -0.177. The maximum absolute atomic E-state index is 13.5. The van der Waals surface area contributed by atoms with Crippen molar-refractivity contribution in [2.75, 3.05) is 13.7 Å². The van der Waals surface area contributed by atoms with Gasteiger partial charge >= 0.3 is 5.97 Å². The quantitative estimate of drug-likeness (QED) is 0.442. The summed E-state index contributed by atoms with van der Waals surface area (Å²) in [5.41, 5.74) is 0.647. The van der Waals surface area contributed by atoms with Gasteiger partial charge in [-0.05, 0) is 50.2 Å². The van der Waals surface area contributed by atoms with Gasteiger partial charge in [0.05, 0.1) is 18.2 Å². The number of carbonyl (C=O) groups excluding carboxylic acids is 4. The summed E-state index contributed by atoms with van der Waals surface area (Å²) in [5, 5.41) is 0. The summed E-state index contributed by atoms with van der Waals surface area (Å²) in [7, 11) is 1.29. The Labute approximate surface area is 169 Å². The van der Waals surface area contributed by atoms with Crippen LogP contribution in [0, 0.1) is 5.92 Å². The van der Waals surface area contributed by atoms with E-state index in [9.17, 15) is 19.2 Å². The molecule has 1 aromatic carbocycles. The zero-order valence-electron chi connectivity index (χ0n) is 16.4. The van der Waals surface area contributed by atoms with Gasteiger partial charge in [-0.25, -0.2) is 0 Å². The van der Waals surface area contributed by atoms with Crippen LogP contribution >= 0.6 is 0 Å². The molecule has 2 heterocycles. The van der Waals surface area contributed by atoms with E-state index >= 15 is 0 Å². The van der Waals surface area contributed by atoms with Gasteiger partial charge in [-0.3, -0.25) is 24.1 Å². The summed E-state index contributed by atoms with van der Waals surface area (Å²) < 4.78 is 4.81. The van der Waals surface area contributed by atoms with Gasteiger partial charge in [0.25, 0.3) is 11.8 Å². The second-order valence-corrected chi connectivity index (χ2v) is 7.75. The molecule has 0 spiro atoms. The first-order chi connectivity index (χ1) is 14.0. The molecule has 29 heavy (non-hydrogen) atoms. The van der Waals surface area contributed by atoms with Crippen molar-refractivity contribution >= 4 is 23.7 Å². The Hall–Kier alpha value is -2.96. The SMILES string of the molecule is COC(=O)CN1C(=O)[C@@H](N2C(=O)c3ccccc3C2=O)CCC[C@@H]1C1C=CCC1. The van der Waals surface area contributed by atoms with Crippen LogP contribution in [0.2, 0.25) is 0 Å². The van der Waals surface area contributed by atoms with E-state index in [0.717, 1.165) is 24.2 Å². The molecule has 152 valence electrons. The van der Waals surface area contributed by atoms with E-state index in [0.29, 0.717) is 24.0 Å². The van der Waals surface area contributed by atoms with Crippen LogP contribution < -0.4 is 0 Å². The van der Waals surface area contributed by atoms with Crippen LogP contribution in [-0.4, -0.2) is 59.2 Å². The van der Waals surface area contributed by atoms with Crippen molar-refractivity contribution in [2.24, 2.45) is 5.92 Å². The molecular weight excluding hydrogens is 372 g/mol. The first kappa shape index (κ1) is 19.4. The topological polar surface area (TPSA) is 84.0 Å². The molecule has 0 N–H and O–H groups in total. The van der Waals surface area contributed by atoms with Crippen LogP contribution in [-0.2, 0) is 14.3 Å². The lowest BCUT2D eigenvalue weighted by Gasteiger charge is -2.35. The maximum Gasteiger partial charge on any atom is 0.325 e. The Bertz CT molecular complexity index is 858. The number of allylic oxidation sites excluding steroid dienone is 1. The third-order valence-corrected chi connectivity index (χ3v) is 6.15. The molecule has 7 nitrogen and oxygen atoms in total. The zero-order chi connectivity index (χ0) is 20.5. The molecule has 2 aliphatic heterocycles. The highest BCUT2D eigenvalue weighted by Crippen LogP contribution is 2.34. The summed E-state index contributed by atoms with van der Waals surface area (Å²) in [6.07, 6.45) is 7.88. The fourth-order valence-electron chi connectivity index (χ4n) is 4.71. The molecule has 1 fully saturated rings. The number of hydrogen-bond acceptors (Lipinski definition) is 5. The van der Waals surface area contributed by atoms with Gasteiger partial charge in [-0.15, -0.1) is 0 Å². The molecule has 3 aliphatic rings. The predicted molar refractivity (Wildman–Crippen MR) is 104 cm³/mol. The molecule has 0 radical (unpaired) electrons. The summed E-state index contributed by atoms with van der Waals surface area (Å²) in [5.74, 6) is -1.58. The number of hydrogen-bond donors (Lipinski definition) is 0. The minimum Gasteiger partial charge on any atom is -0.468 e. The summed E-state index contributed by atoms with van der Waals surface area (Å²) >= 11 is 0. The fraction of sp³-hybridized carbons (Fsp3) is 0.455. The number of nitrogens with zero attached hydrogens (tertiary/aromatic N) is 2. The molecule has 1 aromatic rings. The third kappa shape index (κ3) is 3.34. The molecule has 7 heteroatoms. The van der Waals surface area contributed by atoms with Crippen molar-refractivity contribution in [1.29, 1.82) is 0 Å². The van der Waals surface area contributed by atoms with E-state index in [1.807, 2.05) is 0 Å². The van der Waals surface area contributed by atoms with Crippen LogP contribution in [0.5, 0.6) is 0 Å². The second-order valence-electron chi connectivity index (χ2n) is 7.75. The average Bonchev–Trinajstić information content (AvgIpc) is 3.31. The van der Waals surface area contributed by atoms with E-state index in [1.54, 1.807) is 24.3 Å². The van der Waals surface area contributed by atoms with Crippen molar-refractivity contribution in [1.82, 2.24) is 9.80 Å². The lowest BCUT2D eigenvalue weighted by Crippen LogP contribution is -2.54. The van der Waals surface area contributed by atoms with Crippen LogP contribution in [0.1, 0.15) is 52.8 Å². The van der Waals surface area contributed by atoms with Crippen molar-refractivity contribution in [3.8, 4) is 0 Å². The monoisotopic (exact) mass is 396 g/mol. The van der Waals surface area contributed by atoms with Crippen molar-refractivity contribution in [3.05, 3.63) is 47.5 Å². The summed E-state index contributed by atoms with van der Waals surface area (Å²) in [6, 6.07) is 5.58. The molecule has 1 unspecified atom stereocenters. The number of benzene rings is 1. The van der Waals surface area contributed by atoms with Crippen LogP contribution in [0.15, 0.2) is 36.4 Å². The van der Waals surface area contributed by atoms with Gasteiger partial charge in [0.1, 0.15) is 12.6 Å². The fourth-order valence-corrected chi connectivity index (χ4v) is 4.71. The Morgan fingerprint density at radius 3 is 2.34 bits per heavy atom. The molecule has 1 saturated heterocycles. The standard InChI is InChI=1S/C22H24N2O5/c1-29-19(25)13-23-17(14-7-2-3-8-14)11-6-12-18(22(23)28)24-20(26)15-9-4-5-10-16(15)21(24)27/h2,4-5,7,9-10,14,17-18H,3,6,8,11-13H2,1H3/t14?,17-,18+/m1/s1. The maximum atomic E-state index is 13.5. The van der Waals surface area contributed by atoms with Crippen molar-refractivity contribution in [3.63, 3.8) is 0 Å². The number of ether oxygens (including phenoxy) is 1. The van der Waals surface area contributed by atoms with Gasteiger partial charge in [0.15, 0.2) is 0 Å². The molecule has 0 bridgehead atoms. The van der Waals surface area contributed by atoms with Crippen molar-refractivity contribution in [2.45, 2.75) is 44.2 Å². The molecular formula is C22H24N2O5. The smallest absolute Gasteiger partial charge is 0.325 e. The van der Waals surface area contributed by atoms with Crippen LogP contribution in [0.4, 0.5) is 0 Å². The van der Waals surface area contributed by atoms with Crippen LogP contribution in [0.3, 0.4) is 0 Å². The second kappa shape index (κ2) is 7.81. The van der Waals surface area contributed by atoms with Crippen molar-refractivity contribution < 1.29 is 23.9 Å². The number of fused-ring (bicyclic) bond motifs is 1. The van der Waals surface area contributed by atoms with E-state index in [-0.39, 0.29) is 24.4 Å². The highest BCUT2D eigenvalue weighted by molar-refractivity contribution is 6.22.